The molecule has 1 saturated carbocycles. The maximum absolute atomic E-state index is 13.3. The summed E-state index contributed by atoms with van der Waals surface area (Å²) in [5, 5.41) is 13.0. The molecule has 1 aliphatic heterocycles. The molecule has 0 bridgehead atoms. The predicted molar refractivity (Wildman–Crippen MR) is 120 cm³/mol. The van der Waals surface area contributed by atoms with Gasteiger partial charge in [0.05, 0.1) is 25.8 Å². The number of methoxy groups -OCH3 is 1. The van der Waals surface area contributed by atoms with E-state index >= 15 is 0 Å². The largest absolute Gasteiger partial charge is 0.489 e. The van der Waals surface area contributed by atoms with E-state index in [0.29, 0.717) is 18.1 Å². The molecule has 0 unspecified atom stereocenters. The molecule has 1 saturated heterocycles. The Morgan fingerprint density at radius 2 is 2.08 bits per heavy atom. The summed E-state index contributed by atoms with van der Waals surface area (Å²) in [6, 6.07) is 2.98. The lowest BCUT2D eigenvalue weighted by Gasteiger charge is -2.19. The van der Waals surface area contributed by atoms with Gasteiger partial charge in [0.2, 0.25) is 5.89 Å². The molecule has 2 aliphatic rings. The zero-order chi connectivity index (χ0) is 26.0. The van der Waals surface area contributed by atoms with Crippen LogP contribution in [0.25, 0.3) is 11.5 Å². The summed E-state index contributed by atoms with van der Waals surface area (Å²) < 4.78 is 46.3. The predicted octanol–water partition coefficient (Wildman–Crippen LogP) is 2.64. The van der Waals surface area contributed by atoms with Crippen molar-refractivity contribution in [2.45, 2.75) is 51.1 Å². The van der Waals surface area contributed by atoms with E-state index in [-0.39, 0.29) is 41.8 Å². The monoisotopic (exact) mass is 510 g/mol. The maximum Gasteiger partial charge on any atom is 0.407 e. The zero-order valence-corrected chi connectivity index (χ0v) is 19.8. The Morgan fingerprint density at radius 3 is 2.72 bits per heavy atom. The van der Waals surface area contributed by atoms with Gasteiger partial charge in [-0.05, 0) is 43.9 Å². The quantitative estimate of drug-likeness (QED) is 0.463. The molecule has 1 aromatic heterocycles. The van der Waals surface area contributed by atoms with Gasteiger partial charge in [0.1, 0.15) is 6.23 Å². The fraction of sp³-hybridized carbons (Fsp3) is 0.522. The number of aliphatic hydroxyl groups is 1. The van der Waals surface area contributed by atoms with E-state index in [4.69, 9.17) is 14.9 Å². The molecule has 4 N–H and O–H groups in total. The van der Waals surface area contributed by atoms with Crippen LogP contribution in [0.5, 0.6) is 11.5 Å². The standard InChI is InChI=1S/C23H28F2N4O7/c1-11(26)19-18(21(31)29-9-14(8-17(29)30)27-23(32)33-2)28-20(36-19)13-5-6-15(35-22(24)25)16(7-13)34-10-12-3-4-12/h5-7,11-12,14,17,22,30H,3-4,8-10,26H2,1-2H3,(H,27,32)/t11-,14+,17+/m0/s1. The summed E-state index contributed by atoms with van der Waals surface area (Å²) in [5.41, 5.74) is 6.27. The molecular weight excluding hydrogens is 482 g/mol. The van der Waals surface area contributed by atoms with Crippen molar-refractivity contribution >= 4 is 12.0 Å². The molecule has 11 nitrogen and oxygen atoms in total. The number of carbonyl (C=O) groups excluding carboxylic acids is 2. The third-order valence-electron chi connectivity index (χ3n) is 5.89. The number of alkyl halides is 2. The number of rotatable bonds is 9. The van der Waals surface area contributed by atoms with E-state index in [9.17, 15) is 23.5 Å². The normalized spacial score (nSPS) is 20.4. The average molecular weight is 510 g/mol. The fourth-order valence-corrected chi connectivity index (χ4v) is 3.86. The van der Waals surface area contributed by atoms with Gasteiger partial charge in [-0.1, -0.05) is 0 Å². The lowest BCUT2D eigenvalue weighted by molar-refractivity contribution is -0.0515. The number of likely N-dealkylation sites (tertiary alicyclic amines) is 1. The Balaban J connectivity index is 1.60. The minimum atomic E-state index is -3.03. The number of nitrogens with zero attached hydrogens (tertiary/aromatic N) is 2. The molecule has 13 heteroatoms. The first-order valence-corrected chi connectivity index (χ1v) is 11.5. The van der Waals surface area contributed by atoms with Gasteiger partial charge < -0.3 is 39.7 Å². The van der Waals surface area contributed by atoms with Crippen LogP contribution in [0.1, 0.15) is 48.5 Å². The molecule has 0 radical (unpaired) electrons. The highest BCUT2D eigenvalue weighted by molar-refractivity contribution is 5.94. The number of alkyl carbamates (subject to hydrolysis) is 1. The van der Waals surface area contributed by atoms with E-state index in [1.807, 2.05) is 0 Å². The van der Waals surface area contributed by atoms with Crippen molar-refractivity contribution in [2.75, 3.05) is 20.3 Å². The lowest BCUT2D eigenvalue weighted by atomic mass is 10.2. The fourth-order valence-electron chi connectivity index (χ4n) is 3.86. The van der Waals surface area contributed by atoms with Gasteiger partial charge in [0.25, 0.3) is 5.91 Å². The van der Waals surface area contributed by atoms with Crippen LogP contribution >= 0.6 is 0 Å². The molecule has 0 spiro atoms. The van der Waals surface area contributed by atoms with Crippen LogP contribution in [0, 0.1) is 5.92 Å². The lowest BCUT2D eigenvalue weighted by Crippen LogP contribution is -2.40. The molecular formula is C23H28F2N4O7. The van der Waals surface area contributed by atoms with Crippen LogP contribution in [0.15, 0.2) is 22.6 Å². The first-order valence-electron chi connectivity index (χ1n) is 11.5. The SMILES string of the molecule is COC(=O)N[C@@H]1C[C@@H](O)N(C(=O)c2nc(-c3ccc(OC(F)F)c(OCC4CC4)c3)oc2[C@H](C)N)C1. The minimum Gasteiger partial charge on any atom is -0.489 e. The Kier molecular flexibility index (Phi) is 7.59. The van der Waals surface area contributed by atoms with E-state index in [1.165, 1.54) is 25.3 Å². The second kappa shape index (κ2) is 10.7. The number of hydrogen-bond donors (Lipinski definition) is 3. The van der Waals surface area contributed by atoms with Crippen molar-refractivity contribution < 1.29 is 42.1 Å². The molecule has 1 aliphatic carbocycles. The van der Waals surface area contributed by atoms with Gasteiger partial charge in [-0.3, -0.25) is 4.79 Å². The molecule has 2 amide bonds. The Labute approximate surface area is 205 Å². The number of oxazole rings is 1. The van der Waals surface area contributed by atoms with E-state index in [0.717, 1.165) is 17.7 Å². The second-order valence-electron chi connectivity index (χ2n) is 8.82. The highest BCUT2D eigenvalue weighted by Gasteiger charge is 2.38. The summed E-state index contributed by atoms with van der Waals surface area (Å²) in [6.45, 7) is -1.04. The van der Waals surface area contributed by atoms with E-state index in [1.54, 1.807) is 6.92 Å². The zero-order valence-electron chi connectivity index (χ0n) is 19.8. The Hall–Kier alpha value is -3.45. The third kappa shape index (κ3) is 5.85. The van der Waals surface area contributed by atoms with Crippen molar-refractivity contribution in [2.24, 2.45) is 11.7 Å². The van der Waals surface area contributed by atoms with Crippen LogP contribution in [0.4, 0.5) is 13.6 Å². The number of halogens is 2. The number of nitrogens with one attached hydrogen (secondary N) is 1. The van der Waals surface area contributed by atoms with Crippen LogP contribution in [0.2, 0.25) is 0 Å². The molecule has 4 rings (SSSR count). The number of carbonyl (C=O) groups is 2. The number of aliphatic hydroxyl groups excluding tert-OH is 1. The van der Waals surface area contributed by atoms with E-state index in [2.05, 4.69) is 19.8 Å². The van der Waals surface area contributed by atoms with Crippen LogP contribution < -0.4 is 20.5 Å². The van der Waals surface area contributed by atoms with Gasteiger partial charge in [-0.15, -0.1) is 0 Å². The summed E-state index contributed by atoms with van der Waals surface area (Å²) in [7, 11) is 1.21. The Bertz CT molecular complexity index is 1110. The van der Waals surface area contributed by atoms with Gasteiger partial charge in [0, 0.05) is 18.5 Å². The molecule has 36 heavy (non-hydrogen) atoms. The molecule has 196 valence electrons. The number of hydrogen-bond acceptors (Lipinski definition) is 9. The topological polar surface area (TPSA) is 149 Å². The highest BCUT2D eigenvalue weighted by atomic mass is 19.3. The van der Waals surface area contributed by atoms with Gasteiger partial charge >= 0.3 is 12.7 Å². The second-order valence-corrected chi connectivity index (χ2v) is 8.82. The highest BCUT2D eigenvalue weighted by Crippen LogP contribution is 2.37. The third-order valence-corrected chi connectivity index (χ3v) is 5.89. The summed E-state index contributed by atoms with van der Waals surface area (Å²) >= 11 is 0. The van der Waals surface area contributed by atoms with Crippen molar-refractivity contribution in [3.63, 3.8) is 0 Å². The van der Waals surface area contributed by atoms with Crippen molar-refractivity contribution in [3.8, 4) is 23.0 Å². The van der Waals surface area contributed by atoms with Crippen molar-refractivity contribution in [1.29, 1.82) is 0 Å². The summed E-state index contributed by atoms with van der Waals surface area (Å²) in [5.74, 6) is -0.202. The molecule has 2 aromatic rings. The molecule has 3 atom stereocenters. The summed E-state index contributed by atoms with van der Waals surface area (Å²) in [6.07, 6.45) is 0.263. The smallest absolute Gasteiger partial charge is 0.407 e. The number of amides is 2. The molecule has 1 aromatic carbocycles. The minimum absolute atomic E-state index is 0.0171. The Morgan fingerprint density at radius 1 is 1.33 bits per heavy atom. The van der Waals surface area contributed by atoms with Crippen LogP contribution in [0.3, 0.4) is 0 Å². The molecule has 2 heterocycles. The van der Waals surface area contributed by atoms with Gasteiger partial charge in [-0.25, -0.2) is 9.78 Å². The van der Waals surface area contributed by atoms with Crippen molar-refractivity contribution in [1.82, 2.24) is 15.2 Å². The average Bonchev–Trinajstić information content (AvgIpc) is 3.43. The van der Waals surface area contributed by atoms with Gasteiger partial charge in [0.15, 0.2) is 23.0 Å². The summed E-state index contributed by atoms with van der Waals surface area (Å²) in [4.78, 5) is 30.2. The first-order chi connectivity index (χ1) is 17.2. The van der Waals surface area contributed by atoms with Crippen LogP contribution in [-0.2, 0) is 4.74 Å². The number of nitrogens with two attached hydrogens (primary N) is 1. The first kappa shape index (κ1) is 25.6. The number of ether oxygens (including phenoxy) is 3. The number of aromatic nitrogens is 1. The van der Waals surface area contributed by atoms with Gasteiger partial charge in [-0.2, -0.15) is 8.78 Å². The van der Waals surface area contributed by atoms with Crippen LogP contribution in [-0.4, -0.2) is 66.1 Å². The van der Waals surface area contributed by atoms with E-state index < -0.39 is 36.9 Å². The molecule has 2 fully saturated rings. The number of benzene rings is 1. The maximum atomic E-state index is 13.3. The van der Waals surface area contributed by atoms with Crippen molar-refractivity contribution in [3.05, 3.63) is 29.7 Å².